The van der Waals surface area contributed by atoms with Crippen LogP contribution in [0, 0.1) is 13.8 Å². The van der Waals surface area contributed by atoms with Crippen molar-refractivity contribution in [2.45, 2.75) is 26.7 Å². The normalized spacial score (nSPS) is 15.9. The summed E-state index contributed by atoms with van der Waals surface area (Å²) in [7, 11) is 0. The van der Waals surface area contributed by atoms with Gasteiger partial charge in [-0.1, -0.05) is 24.3 Å². The zero-order valence-electron chi connectivity index (χ0n) is 9.38. The number of hydrogen-bond donors (Lipinski definition) is 1. The largest absolute Gasteiger partial charge is 0.402 e. The highest BCUT2D eigenvalue weighted by molar-refractivity contribution is 5.79. The van der Waals surface area contributed by atoms with Gasteiger partial charge in [-0.3, -0.25) is 0 Å². The Kier molecular flexibility index (Phi) is 2.63. The van der Waals surface area contributed by atoms with E-state index in [2.05, 4.69) is 44.2 Å². The van der Waals surface area contributed by atoms with Crippen molar-refractivity contribution in [2.75, 3.05) is 0 Å². The van der Waals surface area contributed by atoms with Crippen molar-refractivity contribution in [3.63, 3.8) is 0 Å². The Morgan fingerprint density at radius 2 is 1.80 bits per heavy atom. The Morgan fingerprint density at radius 3 is 2.40 bits per heavy atom. The molecule has 0 fully saturated rings. The van der Waals surface area contributed by atoms with Gasteiger partial charge < -0.3 is 5.73 Å². The van der Waals surface area contributed by atoms with Crippen LogP contribution in [0.15, 0.2) is 36.0 Å². The van der Waals surface area contributed by atoms with Crippen LogP contribution in [0.25, 0.3) is 5.57 Å². The summed E-state index contributed by atoms with van der Waals surface area (Å²) in [4.78, 5) is 0. The SMILES string of the molecule is Cc1cccc(C)c1C1=CCCC(N)=C1. The van der Waals surface area contributed by atoms with E-state index >= 15 is 0 Å². The van der Waals surface area contributed by atoms with Crippen LogP contribution >= 0.6 is 0 Å². The van der Waals surface area contributed by atoms with E-state index in [1.807, 2.05) is 0 Å². The van der Waals surface area contributed by atoms with Crippen LogP contribution in [0.4, 0.5) is 0 Å². The fraction of sp³-hybridized carbons (Fsp3) is 0.286. The van der Waals surface area contributed by atoms with Crippen molar-refractivity contribution in [3.8, 4) is 0 Å². The van der Waals surface area contributed by atoms with E-state index < -0.39 is 0 Å². The second-order valence-electron chi connectivity index (χ2n) is 4.18. The summed E-state index contributed by atoms with van der Waals surface area (Å²) in [6.45, 7) is 4.31. The van der Waals surface area contributed by atoms with Crippen molar-refractivity contribution < 1.29 is 0 Å². The number of nitrogens with two attached hydrogens (primary N) is 1. The van der Waals surface area contributed by atoms with Gasteiger partial charge in [0.05, 0.1) is 0 Å². The maximum absolute atomic E-state index is 5.88. The first-order valence-electron chi connectivity index (χ1n) is 5.41. The second-order valence-corrected chi connectivity index (χ2v) is 4.18. The lowest BCUT2D eigenvalue weighted by Crippen LogP contribution is -2.02. The lowest BCUT2D eigenvalue weighted by molar-refractivity contribution is 0.947. The molecular weight excluding hydrogens is 182 g/mol. The van der Waals surface area contributed by atoms with E-state index in [0.29, 0.717) is 0 Å². The molecule has 1 heteroatoms. The van der Waals surface area contributed by atoms with Crippen LogP contribution in [-0.2, 0) is 0 Å². The molecule has 0 atom stereocenters. The Morgan fingerprint density at radius 1 is 1.13 bits per heavy atom. The Balaban J connectivity index is 2.50. The summed E-state index contributed by atoms with van der Waals surface area (Å²) in [5.41, 5.74) is 12.2. The summed E-state index contributed by atoms with van der Waals surface area (Å²) in [6, 6.07) is 6.41. The fourth-order valence-corrected chi connectivity index (χ4v) is 2.17. The molecule has 0 radical (unpaired) electrons. The average Bonchev–Trinajstić information content (AvgIpc) is 2.17. The Labute approximate surface area is 91.3 Å². The predicted octanol–water partition coefficient (Wildman–Crippen LogP) is 3.32. The fourth-order valence-electron chi connectivity index (χ4n) is 2.17. The molecule has 2 rings (SSSR count). The molecule has 0 aromatic heterocycles. The standard InChI is InChI=1S/C14H17N/c1-10-5-3-6-11(2)14(10)12-7-4-8-13(15)9-12/h3,5-7,9H,4,8,15H2,1-2H3. The molecule has 2 N–H and O–H groups in total. The summed E-state index contributed by atoms with van der Waals surface area (Å²) in [6.07, 6.45) is 6.45. The molecule has 1 nitrogen and oxygen atoms in total. The third-order valence-corrected chi connectivity index (χ3v) is 2.91. The van der Waals surface area contributed by atoms with Crippen LogP contribution in [-0.4, -0.2) is 0 Å². The van der Waals surface area contributed by atoms with Crippen molar-refractivity contribution in [2.24, 2.45) is 5.73 Å². The first-order chi connectivity index (χ1) is 7.18. The first kappa shape index (κ1) is 10.0. The van der Waals surface area contributed by atoms with Gasteiger partial charge in [0, 0.05) is 5.70 Å². The molecule has 0 saturated heterocycles. The summed E-state index contributed by atoms with van der Waals surface area (Å²) < 4.78 is 0. The highest BCUT2D eigenvalue weighted by Crippen LogP contribution is 2.28. The molecule has 15 heavy (non-hydrogen) atoms. The molecule has 0 bridgehead atoms. The molecule has 0 amide bonds. The monoisotopic (exact) mass is 199 g/mol. The topological polar surface area (TPSA) is 26.0 Å². The Hall–Kier alpha value is -1.50. The lowest BCUT2D eigenvalue weighted by Gasteiger charge is -2.15. The van der Waals surface area contributed by atoms with E-state index in [-0.39, 0.29) is 0 Å². The van der Waals surface area contributed by atoms with E-state index in [4.69, 9.17) is 5.73 Å². The van der Waals surface area contributed by atoms with Gasteiger partial charge in [-0.25, -0.2) is 0 Å². The number of allylic oxidation sites excluding steroid dienone is 4. The van der Waals surface area contributed by atoms with Crippen molar-refractivity contribution >= 4 is 5.57 Å². The zero-order valence-corrected chi connectivity index (χ0v) is 9.38. The summed E-state index contributed by atoms with van der Waals surface area (Å²) >= 11 is 0. The first-order valence-corrected chi connectivity index (χ1v) is 5.41. The molecule has 0 saturated carbocycles. The maximum Gasteiger partial charge on any atom is 0.00896 e. The molecule has 0 unspecified atom stereocenters. The maximum atomic E-state index is 5.88. The number of rotatable bonds is 1. The van der Waals surface area contributed by atoms with E-state index in [1.165, 1.54) is 22.3 Å². The van der Waals surface area contributed by atoms with Crippen molar-refractivity contribution in [1.82, 2.24) is 0 Å². The zero-order chi connectivity index (χ0) is 10.8. The number of hydrogen-bond acceptors (Lipinski definition) is 1. The molecule has 0 spiro atoms. The van der Waals surface area contributed by atoms with Gasteiger partial charge in [0.15, 0.2) is 0 Å². The molecule has 1 aliphatic rings. The van der Waals surface area contributed by atoms with Gasteiger partial charge in [-0.05, 0) is 55.0 Å². The number of aryl methyl sites for hydroxylation is 2. The molecule has 1 aromatic carbocycles. The quantitative estimate of drug-likeness (QED) is 0.737. The van der Waals surface area contributed by atoms with Crippen LogP contribution in [0.1, 0.15) is 29.5 Å². The molecule has 78 valence electrons. The van der Waals surface area contributed by atoms with Gasteiger partial charge in [0.2, 0.25) is 0 Å². The van der Waals surface area contributed by atoms with Crippen LogP contribution in [0.3, 0.4) is 0 Å². The minimum absolute atomic E-state index is 0.994. The molecule has 0 aliphatic heterocycles. The summed E-state index contributed by atoms with van der Waals surface area (Å²) in [5, 5.41) is 0. The third-order valence-electron chi connectivity index (χ3n) is 2.91. The highest BCUT2D eigenvalue weighted by atomic mass is 14.6. The van der Waals surface area contributed by atoms with Crippen LogP contribution < -0.4 is 5.73 Å². The minimum atomic E-state index is 0.994. The van der Waals surface area contributed by atoms with Crippen LogP contribution in [0.5, 0.6) is 0 Å². The number of benzene rings is 1. The lowest BCUT2D eigenvalue weighted by atomic mass is 9.91. The Bertz CT molecular complexity index is 418. The van der Waals surface area contributed by atoms with E-state index in [0.717, 1.165) is 18.5 Å². The van der Waals surface area contributed by atoms with E-state index in [1.54, 1.807) is 0 Å². The summed E-state index contributed by atoms with van der Waals surface area (Å²) in [5.74, 6) is 0. The van der Waals surface area contributed by atoms with Gasteiger partial charge in [-0.2, -0.15) is 0 Å². The minimum Gasteiger partial charge on any atom is -0.402 e. The molecule has 1 aromatic rings. The molecular formula is C14H17N. The third kappa shape index (κ3) is 1.96. The van der Waals surface area contributed by atoms with Gasteiger partial charge in [0.25, 0.3) is 0 Å². The molecule has 1 aliphatic carbocycles. The van der Waals surface area contributed by atoms with Crippen LogP contribution in [0.2, 0.25) is 0 Å². The van der Waals surface area contributed by atoms with Crippen molar-refractivity contribution in [3.05, 3.63) is 52.7 Å². The second kappa shape index (κ2) is 3.93. The highest BCUT2D eigenvalue weighted by Gasteiger charge is 2.09. The smallest absolute Gasteiger partial charge is 0.00896 e. The van der Waals surface area contributed by atoms with Gasteiger partial charge in [0.1, 0.15) is 0 Å². The predicted molar refractivity (Wildman–Crippen MR) is 65.4 cm³/mol. The van der Waals surface area contributed by atoms with E-state index in [9.17, 15) is 0 Å². The average molecular weight is 199 g/mol. The van der Waals surface area contributed by atoms with Gasteiger partial charge >= 0.3 is 0 Å². The van der Waals surface area contributed by atoms with Gasteiger partial charge in [-0.15, -0.1) is 0 Å². The molecule has 0 heterocycles. The van der Waals surface area contributed by atoms with Crippen molar-refractivity contribution in [1.29, 1.82) is 0 Å².